The molecule has 0 bridgehead atoms. The molecule has 20 heavy (non-hydrogen) atoms. The van der Waals surface area contributed by atoms with E-state index in [1.807, 2.05) is 6.92 Å². The van der Waals surface area contributed by atoms with E-state index in [2.05, 4.69) is 25.2 Å². The first-order valence-corrected chi connectivity index (χ1v) is 7.38. The molecule has 7 nitrogen and oxygen atoms in total. The monoisotopic (exact) mass is 280 g/mol. The van der Waals surface area contributed by atoms with Crippen LogP contribution in [0.15, 0.2) is 0 Å². The van der Waals surface area contributed by atoms with Crippen molar-refractivity contribution in [2.45, 2.75) is 32.6 Å². The lowest BCUT2D eigenvalue weighted by atomic mass is 10.4. The van der Waals surface area contributed by atoms with Crippen LogP contribution in [0.1, 0.15) is 32.6 Å². The maximum Gasteiger partial charge on any atom is 0.323 e. The van der Waals surface area contributed by atoms with Crippen LogP contribution in [-0.4, -0.2) is 52.6 Å². The Morgan fingerprint density at radius 1 is 1.25 bits per heavy atom. The van der Waals surface area contributed by atoms with Crippen LogP contribution in [0.3, 0.4) is 0 Å². The molecule has 0 amide bonds. The van der Waals surface area contributed by atoms with Crippen LogP contribution in [0, 0.1) is 0 Å². The lowest BCUT2D eigenvalue weighted by molar-refractivity contribution is 0.292. The molecule has 1 fully saturated rings. The smallest absolute Gasteiger partial charge is 0.323 e. The van der Waals surface area contributed by atoms with Gasteiger partial charge in [0, 0.05) is 6.54 Å². The van der Waals surface area contributed by atoms with Gasteiger partial charge in [0.2, 0.25) is 11.9 Å². The average Bonchev–Trinajstić information content (AvgIpc) is 2.94. The van der Waals surface area contributed by atoms with Gasteiger partial charge in [0.1, 0.15) is 0 Å². The highest BCUT2D eigenvalue weighted by atomic mass is 16.5. The molecule has 1 saturated heterocycles. The molecule has 0 aromatic carbocycles. The number of rotatable bonds is 8. The van der Waals surface area contributed by atoms with Crippen LogP contribution in [-0.2, 0) is 0 Å². The minimum Gasteiger partial charge on any atom is -0.463 e. The second kappa shape index (κ2) is 7.84. The van der Waals surface area contributed by atoms with Crippen LogP contribution in [0.5, 0.6) is 6.01 Å². The van der Waals surface area contributed by atoms with Gasteiger partial charge in [-0.3, -0.25) is 0 Å². The van der Waals surface area contributed by atoms with Gasteiger partial charge in [0.05, 0.1) is 6.61 Å². The number of nitrogens with one attached hydrogen (secondary N) is 1. The highest BCUT2D eigenvalue weighted by Gasteiger charge is 2.10. The van der Waals surface area contributed by atoms with E-state index in [1.165, 1.54) is 25.9 Å². The Balaban J connectivity index is 1.74. The normalized spacial score (nSPS) is 15.4. The van der Waals surface area contributed by atoms with E-state index < -0.39 is 0 Å². The second-order valence-electron chi connectivity index (χ2n) is 4.98. The Hall–Kier alpha value is -1.63. The topological polar surface area (TPSA) is 89.2 Å². The number of nitrogen functional groups attached to an aromatic ring is 1. The summed E-state index contributed by atoms with van der Waals surface area (Å²) in [6.45, 7) is 7.02. The largest absolute Gasteiger partial charge is 0.463 e. The van der Waals surface area contributed by atoms with Crippen LogP contribution in [0.2, 0.25) is 0 Å². The summed E-state index contributed by atoms with van der Waals surface area (Å²) < 4.78 is 5.37. The molecular formula is C13H24N6O. The van der Waals surface area contributed by atoms with Crippen molar-refractivity contribution in [3.8, 4) is 6.01 Å². The van der Waals surface area contributed by atoms with E-state index in [0.29, 0.717) is 18.6 Å². The molecule has 1 aliphatic rings. The molecule has 112 valence electrons. The zero-order valence-electron chi connectivity index (χ0n) is 12.1. The van der Waals surface area contributed by atoms with Crippen LogP contribution < -0.4 is 15.8 Å². The molecule has 3 N–H and O–H groups in total. The molecule has 1 aliphatic heterocycles. The van der Waals surface area contributed by atoms with Crippen molar-refractivity contribution in [1.82, 2.24) is 19.9 Å². The molecule has 0 atom stereocenters. The van der Waals surface area contributed by atoms with Gasteiger partial charge in [-0.15, -0.1) is 0 Å². The van der Waals surface area contributed by atoms with E-state index >= 15 is 0 Å². The molecule has 0 aliphatic carbocycles. The minimum absolute atomic E-state index is 0.188. The summed E-state index contributed by atoms with van der Waals surface area (Å²) in [6.07, 6.45) is 4.63. The molecule has 2 heterocycles. The van der Waals surface area contributed by atoms with Gasteiger partial charge in [-0.05, 0) is 45.3 Å². The molecule has 7 heteroatoms. The lowest BCUT2D eigenvalue weighted by Crippen LogP contribution is -2.22. The maximum atomic E-state index is 5.64. The summed E-state index contributed by atoms with van der Waals surface area (Å²) in [5, 5.41) is 3.18. The fraction of sp³-hybridized carbons (Fsp3) is 0.769. The zero-order valence-corrected chi connectivity index (χ0v) is 12.1. The van der Waals surface area contributed by atoms with Crippen LogP contribution in [0.25, 0.3) is 0 Å². The Bertz CT molecular complexity index is 408. The zero-order chi connectivity index (χ0) is 14.2. The number of ether oxygens (including phenoxy) is 1. The van der Waals surface area contributed by atoms with Crippen molar-refractivity contribution in [3.63, 3.8) is 0 Å². The Morgan fingerprint density at radius 2 is 2.05 bits per heavy atom. The second-order valence-corrected chi connectivity index (χ2v) is 4.98. The van der Waals surface area contributed by atoms with Gasteiger partial charge in [0.25, 0.3) is 0 Å². The highest BCUT2D eigenvalue weighted by Crippen LogP contribution is 2.10. The van der Waals surface area contributed by atoms with E-state index in [9.17, 15) is 0 Å². The van der Waals surface area contributed by atoms with Gasteiger partial charge in [-0.1, -0.05) is 6.92 Å². The quantitative estimate of drug-likeness (QED) is 0.690. The molecule has 2 rings (SSSR count). The lowest BCUT2D eigenvalue weighted by Gasteiger charge is -2.14. The number of anilines is 2. The third-order valence-corrected chi connectivity index (χ3v) is 3.20. The summed E-state index contributed by atoms with van der Waals surface area (Å²) in [5.74, 6) is 0.679. The summed E-state index contributed by atoms with van der Waals surface area (Å²) >= 11 is 0. The molecular weight excluding hydrogens is 256 g/mol. The Morgan fingerprint density at radius 3 is 2.80 bits per heavy atom. The van der Waals surface area contributed by atoms with Crippen molar-refractivity contribution < 1.29 is 4.74 Å². The summed E-state index contributed by atoms with van der Waals surface area (Å²) in [5.41, 5.74) is 5.64. The average molecular weight is 280 g/mol. The third kappa shape index (κ3) is 4.80. The van der Waals surface area contributed by atoms with E-state index in [-0.39, 0.29) is 5.95 Å². The van der Waals surface area contributed by atoms with Gasteiger partial charge >= 0.3 is 6.01 Å². The standard InChI is InChI=1S/C13H24N6O/c1-2-10-20-13-17-11(14)16-12(18-13)15-6-5-9-19-7-3-4-8-19/h2-10H2,1H3,(H3,14,15,16,17,18). The van der Waals surface area contributed by atoms with Crippen molar-refractivity contribution in [1.29, 1.82) is 0 Å². The number of hydrogen-bond acceptors (Lipinski definition) is 7. The van der Waals surface area contributed by atoms with Gasteiger partial charge in [0.15, 0.2) is 0 Å². The number of aromatic nitrogens is 3. The summed E-state index contributed by atoms with van der Waals surface area (Å²) in [4.78, 5) is 14.7. The molecule has 0 spiro atoms. The van der Waals surface area contributed by atoms with Gasteiger partial charge < -0.3 is 20.7 Å². The first kappa shape index (κ1) is 14.8. The number of likely N-dealkylation sites (tertiary alicyclic amines) is 1. The van der Waals surface area contributed by atoms with Crippen LogP contribution >= 0.6 is 0 Å². The molecule has 0 radical (unpaired) electrons. The molecule has 1 aromatic heterocycles. The van der Waals surface area contributed by atoms with Crippen LogP contribution in [0.4, 0.5) is 11.9 Å². The molecule has 0 unspecified atom stereocenters. The van der Waals surface area contributed by atoms with Crippen molar-refractivity contribution in [3.05, 3.63) is 0 Å². The Labute approximate surface area is 119 Å². The third-order valence-electron chi connectivity index (χ3n) is 3.20. The number of nitrogens with two attached hydrogens (primary N) is 1. The SMILES string of the molecule is CCCOc1nc(N)nc(NCCCN2CCCC2)n1. The van der Waals surface area contributed by atoms with E-state index in [1.54, 1.807) is 0 Å². The van der Waals surface area contributed by atoms with E-state index in [4.69, 9.17) is 10.5 Å². The number of hydrogen-bond donors (Lipinski definition) is 2. The predicted molar refractivity (Wildman–Crippen MR) is 78.8 cm³/mol. The number of nitrogens with zero attached hydrogens (tertiary/aromatic N) is 4. The van der Waals surface area contributed by atoms with Gasteiger partial charge in [-0.2, -0.15) is 15.0 Å². The molecule has 1 aromatic rings. The Kier molecular flexibility index (Phi) is 5.79. The molecule has 0 saturated carbocycles. The predicted octanol–water partition coefficient (Wildman–Crippen LogP) is 1.14. The first-order chi connectivity index (χ1) is 9.78. The maximum absolute atomic E-state index is 5.64. The summed E-state index contributed by atoms with van der Waals surface area (Å²) in [6, 6.07) is 0.293. The highest BCUT2D eigenvalue weighted by molar-refractivity contribution is 5.32. The fourth-order valence-corrected chi connectivity index (χ4v) is 2.22. The fourth-order valence-electron chi connectivity index (χ4n) is 2.22. The summed E-state index contributed by atoms with van der Waals surface area (Å²) in [7, 11) is 0. The minimum atomic E-state index is 0.188. The van der Waals surface area contributed by atoms with Crippen molar-refractivity contribution >= 4 is 11.9 Å². The van der Waals surface area contributed by atoms with E-state index in [0.717, 1.165) is 25.9 Å². The van der Waals surface area contributed by atoms with Crippen molar-refractivity contribution in [2.24, 2.45) is 0 Å². The van der Waals surface area contributed by atoms with Crippen molar-refractivity contribution in [2.75, 3.05) is 43.8 Å². The van der Waals surface area contributed by atoms with Gasteiger partial charge in [-0.25, -0.2) is 0 Å². The first-order valence-electron chi connectivity index (χ1n) is 7.38.